The van der Waals surface area contributed by atoms with Crippen LogP contribution >= 0.6 is 0 Å². The standard InChI is InChI=1S/C19H25NO4/c1-14(2)11-12-23-17(21)16(13-15-9-7-6-8-10-15)20-18(22)24-19(3,4)5/h6-12,16H,1,13H2,2-5H3,(H,20,22)/b12-11-/t16-/m0/s1. The van der Waals surface area contributed by atoms with Gasteiger partial charge in [-0.3, -0.25) is 0 Å². The Morgan fingerprint density at radius 2 is 1.88 bits per heavy atom. The number of esters is 1. The van der Waals surface area contributed by atoms with Crippen molar-refractivity contribution in [2.75, 3.05) is 0 Å². The smallest absolute Gasteiger partial charge is 0.408 e. The summed E-state index contributed by atoms with van der Waals surface area (Å²) in [6.07, 6.45) is 2.48. The maximum atomic E-state index is 12.3. The second-order valence-corrected chi connectivity index (χ2v) is 6.47. The first-order chi connectivity index (χ1) is 11.2. The second kappa shape index (κ2) is 8.91. The molecule has 0 unspecified atom stereocenters. The summed E-state index contributed by atoms with van der Waals surface area (Å²) in [5, 5.41) is 2.57. The Labute approximate surface area is 143 Å². The van der Waals surface area contributed by atoms with E-state index < -0.39 is 23.7 Å². The number of rotatable bonds is 6. The van der Waals surface area contributed by atoms with E-state index >= 15 is 0 Å². The Morgan fingerprint density at radius 3 is 2.42 bits per heavy atom. The summed E-state index contributed by atoms with van der Waals surface area (Å²) in [5.41, 5.74) is 1.01. The molecule has 0 fully saturated rings. The predicted octanol–water partition coefficient (Wildman–Crippen LogP) is 3.76. The first kappa shape index (κ1) is 19.5. The third kappa shape index (κ3) is 8.17. The summed E-state index contributed by atoms with van der Waals surface area (Å²) in [6.45, 7) is 10.7. The van der Waals surface area contributed by atoms with Gasteiger partial charge in [0.1, 0.15) is 11.6 Å². The fourth-order valence-electron chi connectivity index (χ4n) is 1.79. The summed E-state index contributed by atoms with van der Waals surface area (Å²) >= 11 is 0. The van der Waals surface area contributed by atoms with Crippen LogP contribution < -0.4 is 5.32 Å². The average Bonchev–Trinajstić information content (AvgIpc) is 2.45. The molecule has 0 saturated carbocycles. The zero-order chi connectivity index (χ0) is 18.2. The number of benzene rings is 1. The van der Waals surface area contributed by atoms with Crippen molar-refractivity contribution in [3.05, 3.63) is 60.4 Å². The topological polar surface area (TPSA) is 64.6 Å². The molecule has 0 aliphatic rings. The molecule has 1 rings (SSSR count). The molecule has 1 amide bonds. The lowest BCUT2D eigenvalue weighted by Gasteiger charge is -2.22. The Morgan fingerprint density at radius 1 is 1.25 bits per heavy atom. The molecule has 1 aromatic carbocycles. The first-order valence-corrected chi connectivity index (χ1v) is 7.73. The second-order valence-electron chi connectivity index (χ2n) is 6.47. The molecular formula is C19H25NO4. The van der Waals surface area contributed by atoms with E-state index in [1.807, 2.05) is 30.3 Å². The van der Waals surface area contributed by atoms with Gasteiger partial charge in [-0.1, -0.05) is 42.5 Å². The van der Waals surface area contributed by atoms with Gasteiger partial charge in [-0.05, 0) is 39.3 Å². The van der Waals surface area contributed by atoms with Crippen LogP contribution in [0.2, 0.25) is 0 Å². The van der Waals surface area contributed by atoms with Crippen LogP contribution in [0.25, 0.3) is 0 Å². The van der Waals surface area contributed by atoms with Gasteiger partial charge >= 0.3 is 12.1 Å². The number of hydrogen-bond acceptors (Lipinski definition) is 4. The molecule has 130 valence electrons. The van der Waals surface area contributed by atoms with Crippen molar-refractivity contribution in [1.29, 1.82) is 0 Å². The van der Waals surface area contributed by atoms with Crippen molar-refractivity contribution >= 4 is 12.1 Å². The number of amides is 1. The monoisotopic (exact) mass is 331 g/mol. The highest BCUT2D eigenvalue weighted by Crippen LogP contribution is 2.09. The Bertz CT molecular complexity index is 600. The lowest BCUT2D eigenvalue weighted by atomic mass is 10.1. The fraction of sp³-hybridized carbons (Fsp3) is 0.368. The number of carbonyl (C=O) groups excluding carboxylic acids is 2. The van der Waals surface area contributed by atoms with Crippen LogP contribution in [0.4, 0.5) is 4.79 Å². The molecular weight excluding hydrogens is 306 g/mol. The van der Waals surface area contributed by atoms with Crippen molar-refractivity contribution in [3.8, 4) is 0 Å². The van der Waals surface area contributed by atoms with E-state index in [0.29, 0.717) is 6.42 Å². The maximum absolute atomic E-state index is 12.3. The quantitative estimate of drug-likeness (QED) is 0.490. The van der Waals surface area contributed by atoms with Crippen LogP contribution in [-0.2, 0) is 20.7 Å². The third-order valence-electron chi connectivity index (χ3n) is 2.79. The number of alkyl carbamates (subject to hydrolysis) is 1. The SMILES string of the molecule is C=C(C)/C=C\OC(=O)[C@H](Cc1ccccc1)NC(=O)OC(C)(C)C. The van der Waals surface area contributed by atoms with Gasteiger partial charge in [0.15, 0.2) is 0 Å². The molecule has 0 spiro atoms. The molecule has 0 bridgehead atoms. The van der Waals surface area contributed by atoms with Crippen molar-refractivity contribution in [2.24, 2.45) is 0 Å². The molecule has 0 heterocycles. The van der Waals surface area contributed by atoms with Gasteiger partial charge in [-0.15, -0.1) is 0 Å². The highest BCUT2D eigenvalue weighted by Gasteiger charge is 2.25. The van der Waals surface area contributed by atoms with Gasteiger partial charge in [-0.2, -0.15) is 0 Å². The van der Waals surface area contributed by atoms with Gasteiger partial charge in [0, 0.05) is 6.42 Å². The molecule has 1 aromatic rings. The Hall–Kier alpha value is -2.56. The molecule has 5 heteroatoms. The number of allylic oxidation sites excluding steroid dienone is 2. The van der Waals surface area contributed by atoms with Crippen LogP contribution in [-0.4, -0.2) is 23.7 Å². The summed E-state index contributed by atoms with van der Waals surface area (Å²) in [6, 6.07) is 8.52. The van der Waals surface area contributed by atoms with Gasteiger partial charge in [0.05, 0.1) is 6.26 Å². The fourth-order valence-corrected chi connectivity index (χ4v) is 1.79. The van der Waals surface area contributed by atoms with Gasteiger partial charge in [-0.25, -0.2) is 9.59 Å². The molecule has 0 saturated heterocycles. The van der Waals surface area contributed by atoms with Crippen LogP contribution in [0.15, 0.2) is 54.8 Å². The van der Waals surface area contributed by atoms with Gasteiger partial charge in [0.25, 0.3) is 0 Å². The van der Waals surface area contributed by atoms with Gasteiger partial charge in [0.2, 0.25) is 0 Å². The van der Waals surface area contributed by atoms with Gasteiger partial charge < -0.3 is 14.8 Å². The lowest BCUT2D eigenvalue weighted by molar-refractivity contribution is -0.140. The number of nitrogens with one attached hydrogen (secondary N) is 1. The zero-order valence-electron chi connectivity index (χ0n) is 14.7. The minimum atomic E-state index is -0.850. The van der Waals surface area contributed by atoms with Crippen molar-refractivity contribution in [2.45, 2.75) is 45.8 Å². The van der Waals surface area contributed by atoms with E-state index in [1.165, 1.54) is 6.26 Å². The zero-order valence-corrected chi connectivity index (χ0v) is 14.7. The number of carbonyl (C=O) groups is 2. The van der Waals surface area contributed by atoms with Crippen LogP contribution in [0.5, 0.6) is 0 Å². The van der Waals surface area contributed by atoms with Crippen LogP contribution in [0.3, 0.4) is 0 Å². The molecule has 5 nitrogen and oxygen atoms in total. The average molecular weight is 331 g/mol. The predicted molar refractivity (Wildman–Crippen MR) is 93.3 cm³/mol. The van der Waals surface area contributed by atoms with E-state index in [0.717, 1.165) is 11.1 Å². The Balaban J connectivity index is 2.80. The van der Waals surface area contributed by atoms with Crippen molar-refractivity contribution in [1.82, 2.24) is 5.32 Å². The normalized spacial score (nSPS) is 12.5. The molecule has 0 radical (unpaired) electrons. The highest BCUT2D eigenvalue weighted by molar-refractivity contribution is 5.82. The van der Waals surface area contributed by atoms with E-state index in [2.05, 4.69) is 11.9 Å². The number of ether oxygens (including phenoxy) is 2. The number of hydrogen-bond donors (Lipinski definition) is 1. The summed E-state index contributed by atoms with van der Waals surface area (Å²) in [5.74, 6) is -0.567. The van der Waals surface area contributed by atoms with Crippen molar-refractivity contribution < 1.29 is 19.1 Å². The van der Waals surface area contributed by atoms with E-state index in [9.17, 15) is 9.59 Å². The molecule has 0 aliphatic heterocycles. The van der Waals surface area contributed by atoms with E-state index in [-0.39, 0.29) is 0 Å². The van der Waals surface area contributed by atoms with Crippen LogP contribution in [0.1, 0.15) is 33.3 Å². The van der Waals surface area contributed by atoms with Crippen LogP contribution in [0, 0.1) is 0 Å². The lowest BCUT2D eigenvalue weighted by Crippen LogP contribution is -2.45. The molecule has 0 aromatic heterocycles. The molecule has 1 N–H and O–H groups in total. The summed E-state index contributed by atoms with van der Waals surface area (Å²) in [7, 11) is 0. The maximum Gasteiger partial charge on any atom is 0.408 e. The van der Waals surface area contributed by atoms with Crippen molar-refractivity contribution in [3.63, 3.8) is 0 Å². The Kier molecular flexibility index (Phi) is 7.24. The summed E-state index contributed by atoms with van der Waals surface area (Å²) in [4.78, 5) is 24.2. The minimum Gasteiger partial charge on any atom is -0.444 e. The van der Waals surface area contributed by atoms with E-state index in [4.69, 9.17) is 9.47 Å². The minimum absolute atomic E-state index is 0.305. The van der Waals surface area contributed by atoms with E-state index in [1.54, 1.807) is 33.8 Å². The molecule has 24 heavy (non-hydrogen) atoms. The third-order valence-corrected chi connectivity index (χ3v) is 2.79. The first-order valence-electron chi connectivity index (χ1n) is 7.73. The molecule has 0 aliphatic carbocycles. The molecule has 1 atom stereocenters. The summed E-state index contributed by atoms with van der Waals surface area (Å²) < 4.78 is 10.3. The highest BCUT2D eigenvalue weighted by atomic mass is 16.6. The largest absolute Gasteiger partial charge is 0.444 e.